The molecule has 0 atom stereocenters. The van der Waals surface area contributed by atoms with Gasteiger partial charge in [-0.25, -0.2) is 5.43 Å². The number of hydrazone groups is 1. The van der Waals surface area contributed by atoms with Crippen LogP contribution in [0.4, 0.5) is 11.4 Å². The molecule has 0 bridgehead atoms. The van der Waals surface area contributed by atoms with Gasteiger partial charge >= 0.3 is 0 Å². The van der Waals surface area contributed by atoms with Crippen molar-refractivity contribution in [3.8, 4) is 0 Å². The van der Waals surface area contributed by atoms with Gasteiger partial charge in [-0.05, 0) is 23.8 Å². The highest BCUT2D eigenvalue weighted by molar-refractivity contribution is 5.98. The molecule has 2 aromatic carbocycles. The highest BCUT2D eigenvalue weighted by Crippen LogP contribution is 2.17. The zero-order valence-electron chi connectivity index (χ0n) is 12.8. The molecule has 118 valence electrons. The zero-order chi connectivity index (χ0) is 16.8. The van der Waals surface area contributed by atoms with Crippen LogP contribution >= 0.6 is 0 Å². The van der Waals surface area contributed by atoms with Crippen molar-refractivity contribution in [2.75, 3.05) is 19.0 Å². The summed E-state index contributed by atoms with van der Waals surface area (Å²) in [6, 6.07) is 13.3. The number of para-hydroxylation sites is 1. The number of nitro groups is 1. The van der Waals surface area contributed by atoms with E-state index in [0.717, 1.165) is 11.3 Å². The van der Waals surface area contributed by atoms with Crippen LogP contribution in [-0.4, -0.2) is 31.1 Å². The largest absolute Gasteiger partial charge is 0.378 e. The molecule has 2 rings (SSSR count). The summed E-state index contributed by atoms with van der Waals surface area (Å²) in [5.41, 5.74) is 3.86. The molecule has 0 aliphatic heterocycles. The van der Waals surface area contributed by atoms with E-state index in [-0.39, 0.29) is 11.3 Å². The minimum atomic E-state index is -0.626. The fourth-order valence-electron chi connectivity index (χ4n) is 1.91. The fraction of sp³-hybridized carbons (Fsp3) is 0.125. The molecule has 1 N–H and O–H groups in total. The van der Waals surface area contributed by atoms with E-state index in [9.17, 15) is 14.9 Å². The Labute approximate surface area is 133 Å². The maximum absolute atomic E-state index is 12.0. The first kappa shape index (κ1) is 16.2. The Hall–Kier alpha value is -3.22. The summed E-state index contributed by atoms with van der Waals surface area (Å²) < 4.78 is 0. The summed E-state index contributed by atoms with van der Waals surface area (Å²) in [4.78, 5) is 24.2. The number of rotatable bonds is 5. The van der Waals surface area contributed by atoms with E-state index in [4.69, 9.17) is 0 Å². The van der Waals surface area contributed by atoms with Gasteiger partial charge in [-0.1, -0.05) is 24.3 Å². The van der Waals surface area contributed by atoms with Gasteiger partial charge in [-0.15, -0.1) is 0 Å². The average Bonchev–Trinajstić information content (AvgIpc) is 2.55. The molecule has 7 nitrogen and oxygen atoms in total. The van der Waals surface area contributed by atoms with Crippen molar-refractivity contribution < 1.29 is 9.72 Å². The van der Waals surface area contributed by atoms with Crippen LogP contribution in [0.3, 0.4) is 0 Å². The second kappa shape index (κ2) is 7.17. The molecule has 0 aliphatic carbocycles. The number of benzene rings is 2. The van der Waals surface area contributed by atoms with E-state index in [1.54, 1.807) is 6.07 Å². The summed E-state index contributed by atoms with van der Waals surface area (Å²) >= 11 is 0. The quantitative estimate of drug-likeness (QED) is 0.522. The maximum Gasteiger partial charge on any atom is 0.282 e. The molecule has 23 heavy (non-hydrogen) atoms. The van der Waals surface area contributed by atoms with E-state index in [0.29, 0.717) is 0 Å². The van der Waals surface area contributed by atoms with Crippen LogP contribution in [0, 0.1) is 10.1 Å². The van der Waals surface area contributed by atoms with Gasteiger partial charge in [0.1, 0.15) is 5.56 Å². The van der Waals surface area contributed by atoms with Crippen LogP contribution in [0.5, 0.6) is 0 Å². The van der Waals surface area contributed by atoms with E-state index < -0.39 is 10.8 Å². The van der Waals surface area contributed by atoms with Crippen molar-refractivity contribution in [2.45, 2.75) is 0 Å². The third-order valence-corrected chi connectivity index (χ3v) is 3.13. The molecule has 2 aromatic rings. The second-order valence-corrected chi connectivity index (χ2v) is 4.96. The summed E-state index contributed by atoms with van der Waals surface area (Å²) in [6.45, 7) is 0. The van der Waals surface area contributed by atoms with Crippen molar-refractivity contribution in [3.05, 3.63) is 69.8 Å². The van der Waals surface area contributed by atoms with Crippen molar-refractivity contribution >= 4 is 23.5 Å². The number of carbonyl (C=O) groups is 1. The number of carbonyl (C=O) groups excluding carboxylic acids is 1. The number of hydrogen-bond donors (Lipinski definition) is 1. The third-order valence-electron chi connectivity index (χ3n) is 3.13. The summed E-state index contributed by atoms with van der Waals surface area (Å²) in [7, 11) is 3.88. The van der Waals surface area contributed by atoms with E-state index in [2.05, 4.69) is 10.5 Å². The Morgan fingerprint density at radius 2 is 1.83 bits per heavy atom. The monoisotopic (exact) mass is 312 g/mol. The number of amides is 1. The van der Waals surface area contributed by atoms with Gasteiger partial charge in [0, 0.05) is 25.8 Å². The van der Waals surface area contributed by atoms with E-state index in [1.807, 2.05) is 43.3 Å². The molecule has 0 spiro atoms. The number of hydrogen-bond acceptors (Lipinski definition) is 5. The first-order valence-electron chi connectivity index (χ1n) is 6.83. The molecule has 0 saturated heterocycles. The molecule has 0 radical (unpaired) electrons. The normalized spacial score (nSPS) is 10.5. The van der Waals surface area contributed by atoms with Crippen LogP contribution in [0.2, 0.25) is 0 Å². The predicted octanol–water partition coefficient (Wildman–Crippen LogP) is 2.42. The van der Waals surface area contributed by atoms with Crippen LogP contribution in [0.1, 0.15) is 15.9 Å². The fourth-order valence-corrected chi connectivity index (χ4v) is 1.91. The van der Waals surface area contributed by atoms with E-state index in [1.165, 1.54) is 24.4 Å². The second-order valence-electron chi connectivity index (χ2n) is 4.96. The number of nitrogens with zero attached hydrogens (tertiary/aromatic N) is 3. The van der Waals surface area contributed by atoms with Crippen LogP contribution in [0.25, 0.3) is 0 Å². The lowest BCUT2D eigenvalue weighted by Gasteiger charge is -2.11. The molecular formula is C16H16N4O3. The molecule has 0 fully saturated rings. The molecule has 1 amide bonds. The number of nitro benzene ring substituents is 1. The smallest absolute Gasteiger partial charge is 0.282 e. The maximum atomic E-state index is 12.0. The van der Waals surface area contributed by atoms with Gasteiger partial charge in [-0.3, -0.25) is 14.9 Å². The van der Waals surface area contributed by atoms with Crippen LogP contribution in [-0.2, 0) is 0 Å². The van der Waals surface area contributed by atoms with Gasteiger partial charge in [0.25, 0.3) is 11.6 Å². The zero-order valence-corrected chi connectivity index (χ0v) is 12.8. The number of nitrogens with one attached hydrogen (secondary N) is 1. The lowest BCUT2D eigenvalue weighted by atomic mass is 10.2. The summed E-state index contributed by atoms with van der Waals surface area (Å²) in [5, 5.41) is 14.7. The highest BCUT2D eigenvalue weighted by atomic mass is 16.6. The van der Waals surface area contributed by atoms with E-state index >= 15 is 0 Å². The van der Waals surface area contributed by atoms with Gasteiger partial charge in [-0.2, -0.15) is 5.10 Å². The molecule has 0 aromatic heterocycles. The van der Waals surface area contributed by atoms with Gasteiger partial charge in [0.2, 0.25) is 0 Å². The lowest BCUT2D eigenvalue weighted by molar-refractivity contribution is -0.385. The Balaban J connectivity index is 2.05. The average molecular weight is 312 g/mol. The SMILES string of the molecule is CN(C)c1ccc(C=NNC(=O)c2ccccc2[N+](=O)[O-])cc1. The molecule has 0 saturated carbocycles. The summed E-state index contributed by atoms with van der Waals surface area (Å²) in [5.74, 6) is -0.626. The predicted molar refractivity (Wildman–Crippen MR) is 88.9 cm³/mol. The molecular weight excluding hydrogens is 296 g/mol. The molecule has 0 heterocycles. The minimum absolute atomic E-state index is 0.0300. The number of anilines is 1. The van der Waals surface area contributed by atoms with Gasteiger partial charge < -0.3 is 4.90 Å². The van der Waals surface area contributed by atoms with Crippen molar-refractivity contribution in [2.24, 2.45) is 5.10 Å². The Bertz CT molecular complexity index is 739. The summed E-state index contributed by atoms with van der Waals surface area (Å²) in [6.07, 6.45) is 1.48. The first-order valence-corrected chi connectivity index (χ1v) is 6.83. The standard InChI is InChI=1S/C16H16N4O3/c1-19(2)13-9-7-12(8-10-13)11-17-18-16(21)14-5-3-4-6-15(14)20(22)23/h3-11H,1-2H3,(H,18,21). The van der Waals surface area contributed by atoms with Crippen molar-refractivity contribution in [1.82, 2.24) is 5.43 Å². The van der Waals surface area contributed by atoms with Crippen LogP contribution in [0.15, 0.2) is 53.6 Å². The lowest BCUT2D eigenvalue weighted by Crippen LogP contribution is -2.18. The first-order chi connectivity index (χ1) is 11.0. The Morgan fingerprint density at radius 1 is 1.17 bits per heavy atom. The van der Waals surface area contributed by atoms with Crippen molar-refractivity contribution in [3.63, 3.8) is 0 Å². The highest BCUT2D eigenvalue weighted by Gasteiger charge is 2.18. The Morgan fingerprint density at radius 3 is 2.43 bits per heavy atom. The molecule has 0 unspecified atom stereocenters. The topological polar surface area (TPSA) is 87.8 Å². The van der Waals surface area contributed by atoms with Gasteiger partial charge in [0.15, 0.2) is 0 Å². The molecule has 0 aliphatic rings. The Kier molecular flexibility index (Phi) is 5.03. The van der Waals surface area contributed by atoms with Gasteiger partial charge in [0.05, 0.1) is 11.1 Å². The van der Waals surface area contributed by atoms with Crippen LogP contribution < -0.4 is 10.3 Å². The minimum Gasteiger partial charge on any atom is -0.378 e. The van der Waals surface area contributed by atoms with Crippen molar-refractivity contribution in [1.29, 1.82) is 0 Å². The third kappa shape index (κ3) is 4.13. The molecule has 7 heteroatoms.